The van der Waals surface area contributed by atoms with Crippen LogP contribution in [0.5, 0.6) is 0 Å². The molecule has 0 spiro atoms. The molecule has 1 aromatic heterocycles. The number of benzene rings is 1. The van der Waals surface area contributed by atoms with Crippen molar-refractivity contribution in [3.8, 4) is 0 Å². The molecule has 0 radical (unpaired) electrons. The van der Waals surface area contributed by atoms with Gasteiger partial charge in [0.05, 0.1) is 6.26 Å². The summed E-state index contributed by atoms with van der Waals surface area (Å²) in [6, 6.07) is 6.07. The van der Waals surface area contributed by atoms with Crippen molar-refractivity contribution in [1.29, 1.82) is 0 Å². The monoisotopic (exact) mass is 321 g/mol. The summed E-state index contributed by atoms with van der Waals surface area (Å²) < 4.78 is 25.0. The van der Waals surface area contributed by atoms with E-state index in [1.54, 1.807) is 0 Å². The fourth-order valence-electron chi connectivity index (χ4n) is 3.04. The zero-order valence-corrected chi connectivity index (χ0v) is 13.7. The number of H-pyrrole nitrogens is 1. The average molecular weight is 321 g/mol. The summed E-state index contributed by atoms with van der Waals surface area (Å²) in [7, 11) is -3.16. The van der Waals surface area contributed by atoms with E-state index in [1.807, 2.05) is 12.1 Å². The maximum absolute atomic E-state index is 11.2. The van der Waals surface area contributed by atoms with Crippen LogP contribution in [0, 0.1) is 0 Å². The summed E-state index contributed by atoms with van der Waals surface area (Å²) in [6.45, 7) is 3.86. The molecule has 22 heavy (non-hydrogen) atoms. The minimum Gasteiger partial charge on any atom is -0.361 e. The van der Waals surface area contributed by atoms with E-state index in [0.29, 0.717) is 6.54 Å². The predicted octanol–water partition coefficient (Wildman–Crippen LogP) is 1.86. The lowest BCUT2D eigenvalue weighted by molar-refractivity contribution is 0.344. The fourth-order valence-corrected chi connectivity index (χ4v) is 3.47. The first-order chi connectivity index (χ1) is 10.5. The summed E-state index contributed by atoms with van der Waals surface area (Å²) in [4.78, 5) is 5.81. The largest absolute Gasteiger partial charge is 0.361 e. The van der Waals surface area contributed by atoms with E-state index >= 15 is 0 Å². The van der Waals surface area contributed by atoms with Gasteiger partial charge in [0.1, 0.15) is 0 Å². The fraction of sp³-hybridized carbons (Fsp3) is 0.500. The Bertz CT molecular complexity index is 746. The number of fused-ring (bicyclic) bond motifs is 1. The zero-order chi connectivity index (χ0) is 15.6. The third-order valence-electron chi connectivity index (χ3n) is 4.27. The van der Waals surface area contributed by atoms with Gasteiger partial charge >= 0.3 is 0 Å². The Balaban J connectivity index is 1.73. The first-order valence-electron chi connectivity index (χ1n) is 7.77. The van der Waals surface area contributed by atoms with Crippen molar-refractivity contribution in [2.24, 2.45) is 0 Å². The van der Waals surface area contributed by atoms with Gasteiger partial charge in [0.25, 0.3) is 0 Å². The standard InChI is InChI=1S/C16H23N3O2S/c1-22(20,21)18-11-13-4-5-16-15(10-13)14(12-17-16)6-9-19-7-2-3-8-19/h4-5,10,12,17-18H,2-3,6-9,11H2,1H3. The Labute approximate surface area is 131 Å². The van der Waals surface area contributed by atoms with Crippen LogP contribution in [-0.2, 0) is 23.0 Å². The maximum atomic E-state index is 11.2. The number of likely N-dealkylation sites (tertiary alicyclic amines) is 1. The van der Waals surface area contributed by atoms with E-state index < -0.39 is 10.0 Å². The molecule has 0 amide bonds. The van der Waals surface area contributed by atoms with Gasteiger partial charge in [-0.2, -0.15) is 0 Å². The van der Waals surface area contributed by atoms with Gasteiger partial charge in [0.2, 0.25) is 10.0 Å². The topological polar surface area (TPSA) is 65.2 Å². The zero-order valence-electron chi connectivity index (χ0n) is 12.9. The van der Waals surface area contributed by atoms with Gasteiger partial charge in [-0.05, 0) is 55.6 Å². The second-order valence-corrected chi connectivity index (χ2v) is 7.92. The van der Waals surface area contributed by atoms with Crippen LogP contribution in [0.15, 0.2) is 24.4 Å². The molecular formula is C16H23N3O2S. The molecule has 120 valence electrons. The van der Waals surface area contributed by atoms with Crippen molar-refractivity contribution in [1.82, 2.24) is 14.6 Å². The van der Waals surface area contributed by atoms with Crippen LogP contribution in [0.2, 0.25) is 0 Å². The molecule has 1 saturated heterocycles. The third kappa shape index (κ3) is 3.88. The van der Waals surface area contributed by atoms with Crippen LogP contribution in [0.3, 0.4) is 0 Å². The van der Waals surface area contributed by atoms with Gasteiger partial charge in [0, 0.05) is 30.2 Å². The maximum Gasteiger partial charge on any atom is 0.209 e. The molecule has 2 aromatic rings. The van der Waals surface area contributed by atoms with Crippen LogP contribution < -0.4 is 4.72 Å². The summed E-state index contributed by atoms with van der Waals surface area (Å²) in [5.41, 5.74) is 3.41. The van der Waals surface area contributed by atoms with Gasteiger partial charge < -0.3 is 9.88 Å². The highest BCUT2D eigenvalue weighted by Gasteiger charge is 2.12. The van der Waals surface area contributed by atoms with E-state index in [2.05, 4.69) is 26.9 Å². The van der Waals surface area contributed by atoms with Crippen molar-refractivity contribution < 1.29 is 8.42 Å². The molecule has 6 heteroatoms. The first-order valence-corrected chi connectivity index (χ1v) is 9.66. The molecule has 0 bridgehead atoms. The number of nitrogens with one attached hydrogen (secondary N) is 2. The minimum absolute atomic E-state index is 0.339. The van der Waals surface area contributed by atoms with E-state index in [4.69, 9.17) is 0 Å². The Morgan fingerprint density at radius 3 is 2.77 bits per heavy atom. The van der Waals surface area contributed by atoms with E-state index in [0.717, 1.165) is 24.0 Å². The Morgan fingerprint density at radius 2 is 2.05 bits per heavy atom. The highest BCUT2D eigenvalue weighted by molar-refractivity contribution is 7.88. The lowest BCUT2D eigenvalue weighted by Gasteiger charge is -2.13. The van der Waals surface area contributed by atoms with E-state index in [1.165, 1.54) is 43.1 Å². The van der Waals surface area contributed by atoms with Crippen molar-refractivity contribution in [2.45, 2.75) is 25.8 Å². The number of nitrogens with zero attached hydrogens (tertiary/aromatic N) is 1. The molecule has 1 aliphatic rings. The molecule has 3 rings (SSSR count). The minimum atomic E-state index is -3.16. The summed E-state index contributed by atoms with van der Waals surface area (Å²) in [5, 5.41) is 1.20. The summed E-state index contributed by atoms with van der Waals surface area (Å²) in [6.07, 6.45) is 6.92. The van der Waals surface area contributed by atoms with Crippen LogP contribution in [0.1, 0.15) is 24.0 Å². The van der Waals surface area contributed by atoms with Gasteiger partial charge in [-0.25, -0.2) is 13.1 Å². The van der Waals surface area contributed by atoms with Crippen LogP contribution in [0.4, 0.5) is 0 Å². The Kier molecular flexibility index (Phi) is 4.52. The number of sulfonamides is 1. The number of aromatic nitrogens is 1. The predicted molar refractivity (Wildman–Crippen MR) is 89.4 cm³/mol. The smallest absolute Gasteiger partial charge is 0.209 e. The number of rotatable bonds is 6. The lowest BCUT2D eigenvalue weighted by atomic mass is 10.1. The molecule has 2 N–H and O–H groups in total. The summed E-state index contributed by atoms with van der Waals surface area (Å²) in [5.74, 6) is 0. The molecule has 1 aromatic carbocycles. The van der Waals surface area contributed by atoms with Crippen molar-refractivity contribution >= 4 is 20.9 Å². The van der Waals surface area contributed by atoms with Crippen molar-refractivity contribution in [3.05, 3.63) is 35.5 Å². The molecule has 2 heterocycles. The van der Waals surface area contributed by atoms with Crippen molar-refractivity contribution in [2.75, 3.05) is 25.9 Å². The molecule has 1 fully saturated rings. The van der Waals surface area contributed by atoms with Gasteiger partial charge in [0.15, 0.2) is 0 Å². The van der Waals surface area contributed by atoms with Gasteiger partial charge in [-0.15, -0.1) is 0 Å². The molecule has 0 saturated carbocycles. The summed E-state index contributed by atoms with van der Waals surface area (Å²) >= 11 is 0. The molecule has 0 unspecified atom stereocenters. The van der Waals surface area contributed by atoms with Gasteiger partial charge in [-0.3, -0.25) is 0 Å². The number of aromatic amines is 1. The third-order valence-corrected chi connectivity index (χ3v) is 4.94. The first kappa shape index (κ1) is 15.5. The Hall–Kier alpha value is -1.37. The molecule has 1 aliphatic heterocycles. The highest BCUT2D eigenvalue weighted by Crippen LogP contribution is 2.21. The highest BCUT2D eigenvalue weighted by atomic mass is 32.2. The average Bonchev–Trinajstić information content (AvgIpc) is 3.11. The quantitative estimate of drug-likeness (QED) is 0.853. The second-order valence-electron chi connectivity index (χ2n) is 6.09. The molecule has 0 aliphatic carbocycles. The van der Waals surface area contributed by atoms with Crippen LogP contribution in [0.25, 0.3) is 10.9 Å². The Morgan fingerprint density at radius 1 is 1.27 bits per heavy atom. The normalized spacial score (nSPS) is 16.6. The van der Waals surface area contributed by atoms with E-state index in [9.17, 15) is 8.42 Å². The number of hydrogen-bond acceptors (Lipinski definition) is 3. The van der Waals surface area contributed by atoms with Gasteiger partial charge in [-0.1, -0.05) is 6.07 Å². The van der Waals surface area contributed by atoms with Crippen LogP contribution >= 0.6 is 0 Å². The molecule has 5 nitrogen and oxygen atoms in total. The molecule has 0 atom stereocenters. The van der Waals surface area contributed by atoms with E-state index in [-0.39, 0.29) is 0 Å². The molecular weight excluding hydrogens is 298 g/mol. The second kappa shape index (κ2) is 6.40. The number of hydrogen-bond donors (Lipinski definition) is 2. The van der Waals surface area contributed by atoms with Crippen LogP contribution in [-0.4, -0.2) is 44.2 Å². The SMILES string of the molecule is CS(=O)(=O)NCc1ccc2[nH]cc(CCN3CCCC3)c2c1. The van der Waals surface area contributed by atoms with Crippen molar-refractivity contribution in [3.63, 3.8) is 0 Å². The lowest BCUT2D eigenvalue weighted by Crippen LogP contribution is -2.22.